The second kappa shape index (κ2) is 38.0. The van der Waals surface area contributed by atoms with Crippen molar-refractivity contribution in [1.82, 2.24) is 0 Å². The third-order valence-corrected chi connectivity index (χ3v) is 7.01. The molecular formula is C36H59KO13S. The van der Waals surface area contributed by atoms with Crippen LogP contribution in [0.1, 0.15) is 66.2 Å². The molecule has 0 spiro atoms. The molecule has 0 aliphatic rings. The van der Waals surface area contributed by atoms with Crippen molar-refractivity contribution >= 4 is 39.2 Å². The molecule has 0 saturated carbocycles. The molecule has 0 aromatic heterocycles. The molecule has 0 aliphatic carbocycles. The van der Waals surface area contributed by atoms with E-state index in [-0.39, 0.29) is 154 Å². The zero-order chi connectivity index (χ0) is 36.7. The van der Waals surface area contributed by atoms with Gasteiger partial charge in [0, 0.05) is 11.8 Å². The van der Waals surface area contributed by atoms with Gasteiger partial charge >= 0.3 is 57.4 Å². The van der Waals surface area contributed by atoms with E-state index >= 15 is 0 Å². The fraction of sp³-hybridized carbons (Fsp3) is 0.583. The Bertz CT molecular complexity index is 1040. The summed E-state index contributed by atoms with van der Waals surface area (Å²) in [4.78, 5) is 56.4. The summed E-state index contributed by atoms with van der Waals surface area (Å²) < 4.78 is 57.6. The average Bonchev–Trinajstić information content (AvgIpc) is 3.06. The van der Waals surface area contributed by atoms with Gasteiger partial charge in [0.15, 0.2) is 23.1 Å². The molecule has 0 N–H and O–H groups in total. The molecule has 0 heterocycles. The van der Waals surface area contributed by atoms with E-state index in [4.69, 9.17) is 23.7 Å². The molecule has 0 aromatic rings. The fourth-order valence-electron chi connectivity index (χ4n) is 3.63. The molecule has 288 valence electrons. The average molecular weight is 771 g/mol. The summed E-state index contributed by atoms with van der Waals surface area (Å²) in [6.45, 7) is 16.1. The third-order valence-electron chi connectivity index (χ3n) is 6.22. The van der Waals surface area contributed by atoms with Gasteiger partial charge in [-0.15, -0.1) is 0 Å². The maximum Gasteiger partial charge on any atom is 1.00 e. The zero-order valence-corrected chi connectivity index (χ0v) is 32.8. The second-order valence-electron chi connectivity index (χ2n) is 10.6. The van der Waals surface area contributed by atoms with Crippen LogP contribution in [-0.2, 0) is 57.8 Å². The van der Waals surface area contributed by atoms with Crippen molar-refractivity contribution in [3.8, 4) is 0 Å². The molecule has 0 fully saturated rings. The van der Waals surface area contributed by atoms with Gasteiger partial charge in [-0.25, -0.2) is 13.2 Å². The quantitative estimate of drug-likeness (QED) is 0.0317. The summed E-state index contributed by atoms with van der Waals surface area (Å²) in [6, 6.07) is 0. The predicted molar refractivity (Wildman–Crippen MR) is 193 cm³/mol. The Hall–Kier alpha value is -1.76. The number of ketones is 4. The first kappa shape index (κ1) is 58.5. The monoisotopic (exact) mass is 770 g/mol. The summed E-state index contributed by atoms with van der Waals surface area (Å²) in [6.07, 6.45) is 12.9. The smallest absolute Gasteiger partial charge is 0.748 e. The standard InChI is InChI=1S/C21H28O8.C13H24O5S.2CH4.K/c1-5-17(22)9-26-13-21(14-27-10-18(23)6-2,15-28-11-19(24)7-3)16-29-12-20(25)8-4;1-2-13(14)18-11-9-7-5-3-4-6-8-10-12-19(15,16)17;;;/h5-8H,1-4,9-16H2;2H,1,3-12H2,(H,15,16,17);2*1H4;/q;;;;+1/p-1. The Morgan fingerprint density at radius 2 is 0.824 bits per heavy atom. The zero-order valence-electron chi connectivity index (χ0n) is 28.9. The van der Waals surface area contributed by atoms with E-state index in [1.54, 1.807) is 0 Å². The van der Waals surface area contributed by atoms with Gasteiger partial charge in [0.25, 0.3) is 0 Å². The molecule has 0 unspecified atom stereocenters. The van der Waals surface area contributed by atoms with Crippen molar-refractivity contribution in [1.29, 1.82) is 0 Å². The minimum Gasteiger partial charge on any atom is -0.748 e. The molecule has 0 aromatic carbocycles. The van der Waals surface area contributed by atoms with Crippen LogP contribution in [0.5, 0.6) is 0 Å². The molecule has 0 amide bonds. The Kier molecular flexibility index (Phi) is 43.6. The van der Waals surface area contributed by atoms with Crippen molar-refractivity contribution in [3.05, 3.63) is 63.3 Å². The summed E-state index contributed by atoms with van der Waals surface area (Å²) in [5.74, 6) is -1.94. The number of carbonyl (C=O) groups excluding carboxylic acids is 5. The van der Waals surface area contributed by atoms with E-state index in [1.807, 2.05) is 0 Å². The normalized spacial score (nSPS) is 10.3. The molecule has 0 bridgehead atoms. The maximum absolute atomic E-state index is 11.4. The third kappa shape index (κ3) is 39.3. The molecule has 0 atom stereocenters. The molecular weight excluding hydrogens is 712 g/mol. The molecule has 13 nitrogen and oxygen atoms in total. The fourth-order valence-corrected chi connectivity index (χ4v) is 4.19. The summed E-state index contributed by atoms with van der Waals surface area (Å²) in [7, 11) is -4.04. The minimum absolute atomic E-state index is 0. The first-order valence-corrected chi connectivity index (χ1v) is 17.0. The number of unbranched alkanes of at least 4 members (excludes halogenated alkanes) is 7. The minimum atomic E-state index is -4.04. The maximum atomic E-state index is 11.4. The van der Waals surface area contributed by atoms with Crippen LogP contribution in [-0.4, -0.2) is 107 Å². The van der Waals surface area contributed by atoms with Gasteiger partial charge in [0.2, 0.25) is 0 Å². The number of hydrogen-bond donors (Lipinski definition) is 0. The van der Waals surface area contributed by atoms with Crippen LogP contribution in [0, 0.1) is 5.41 Å². The van der Waals surface area contributed by atoms with Crippen LogP contribution in [0.2, 0.25) is 0 Å². The van der Waals surface area contributed by atoms with Crippen LogP contribution in [0.3, 0.4) is 0 Å². The number of ether oxygens (including phenoxy) is 5. The van der Waals surface area contributed by atoms with Gasteiger partial charge in [0.1, 0.15) is 26.4 Å². The number of carbonyl (C=O) groups is 5. The Morgan fingerprint density at radius 3 is 1.10 bits per heavy atom. The van der Waals surface area contributed by atoms with Crippen molar-refractivity contribution < 1.29 is 112 Å². The first-order chi connectivity index (χ1) is 22.8. The predicted octanol–water partition coefficient (Wildman–Crippen LogP) is 1.72. The van der Waals surface area contributed by atoms with Crippen LogP contribution in [0.15, 0.2) is 63.3 Å². The van der Waals surface area contributed by atoms with Gasteiger partial charge in [0.05, 0.1) is 48.6 Å². The van der Waals surface area contributed by atoms with Gasteiger partial charge < -0.3 is 28.2 Å². The second-order valence-corrected chi connectivity index (χ2v) is 12.1. The molecule has 0 saturated heterocycles. The van der Waals surface area contributed by atoms with Crippen molar-refractivity contribution in [3.63, 3.8) is 0 Å². The number of rotatable bonds is 32. The Labute approximate surface area is 348 Å². The van der Waals surface area contributed by atoms with Crippen molar-refractivity contribution in [2.45, 2.75) is 66.2 Å². The molecule has 0 aliphatic heterocycles. The Morgan fingerprint density at radius 1 is 0.529 bits per heavy atom. The first-order valence-electron chi connectivity index (χ1n) is 15.4. The van der Waals surface area contributed by atoms with E-state index in [2.05, 4.69) is 32.9 Å². The van der Waals surface area contributed by atoms with Gasteiger partial charge in [-0.3, -0.25) is 19.2 Å². The summed E-state index contributed by atoms with van der Waals surface area (Å²) >= 11 is 0. The van der Waals surface area contributed by atoms with Crippen LogP contribution >= 0.6 is 0 Å². The van der Waals surface area contributed by atoms with E-state index in [1.165, 1.54) is 0 Å². The van der Waals surface area contributed by atoms with Crippen molar-refractivity contribution in [2.24, 2.45) is 5.41 Å². The largest absolute Gasteiger partial charge is 1.00 e. The van der Waals surface area contributed by atoms with Crippen LogP contribution < -0.4 is 51.4 Å². The Balaban J connectivity index is -0.000000281. The van der Waals surface area contributed by atoms with E-state index in [0.717, 1.165) is 75.3 Å². The molecule has 0 rings (SSSR count). The van der Waals surface area contributed by atoms with Crippen molar-refractivity contribution in [2.75, 3.05) is 65.2 Å². The number of esters is 1. The summed E-state index contributed by atoms with van der Waals surface area (Å²) in [5, 5.41) is 0. The van der Waals surface area contributed by atoms with E-state index < -0.39 is 15.5 Å². The van der Waals surface area contributed by atoms with Crippen LogP contribution in [0.25, 0.3) is 0 Å². The van der Waals surface area contributed by atoms with E-state index in [9.17, 15) is 36.9 Å². The molecule has 51 heavy (non-hydrogen) atoms. The SMILES string of the molecule is C.C.C=CC(=O)COCC(COCC(=O)C=C)(COCC(=O)C=C)COCC(=O)C=C.C=CC(=O)OCCCCCCCCCCS(=O)(=O)[O-].[K+]. The van der Waals surface area contributed by atoms with Gasteiger partial charge in [-0.05, 0) is 37.1 Å². The molecule has 15 heteroatoms. The molecule has 0 radical (unpaired) electrons. The van der Waals surface area contributed by atoms with Gasteiger partial charge in [-0.2, -0.15) is 0 Å². The van der Waals surface area contributed by atoms with Crippen LogP contribution in [0.4, 0.5) is 0 Å². The van der Waals surface area contributed by atoms with Gasteiger partial charge in [-0.1, -0.05) is 86.3 Å². The number of hydrogen-bond acceptors (Lipinski definition) is 13. The summed E-state index contributed by atoms with van der Waals surface area (Å²) in [5.41, 5.74) is -0.994. The van der Waals surface area contributed by atoms with E-state index in [0.29, 0.717) is 13.0 Å². The topological polar surface area (TPSA) is 189 Å².